The summed E-state index contributed by atoms with van der Waals surface area (Å²) >= 11 is 0. The van der Waals surface area contributed by atoms with Gasteiger partial charge < -0.3 is 5.73 Å². The number of hydrogen-bond acceptors (Lipinski definition) is 2. The lowest BCUT2D eigenvalue weighted by molar-refractivity contribution is 0.175. The van der Waals surface area contributed by atoms with E-state index in [9.17, 15) is 0 Å². The molecule has 0 atom stereocenters. The van der Waals surface area contributed by atoms with Crippen LogP contribution in [0.15, 0.2) is 0 Å². The van der Waals surface area contributed by atoms with E-state index >= 15 is 0 Å². The minimum atomic E-state index is 0.289. The van der Waals surface area contributed by atoms with Gasteiger partial charge in [0.15, 0.2) is 0 Å². The van der Waals surface area contributed by atoms with E-state index in [0.29, 0.717) is 0 Å². The van der Waals surface area contributed by atoms with Gasteiger partial charge in [-0.25, -0.2) is 0 Å². The molecule has 0 aliphatic heterocycles. The Hall–Kier alpha value is -0.0800. The monoisotopic (exact) mass is 184 g/mol. The molecule has 1 rings (SSSR count). The maximum atomic E-state index is 5.74. The molecule has 0 aromatic carbocycles. The van der Waals surface area contributed by atoms with Crippen LogP contribution in [0.4, 0.5) is 0 Å². The third kappa shape index (κ3) is 3.65. The topological polar surface area (TPSA) is 29.3 Å². The molecule has 2 nitrogen and oxygen atoms in total. The summed E-state index contributed by atoms with van der Waals surface area (Å²) in [5.41, 5.74) is 6.03. The van der Waals surface area contributed by atoms with Crippen molar-refractivity contribution < 1.29 is 0 Å². The van der Waals surface area contributed by atoms with Crippen molar-refractivity contribution in [2.75, 3.05) is 19.6 Å². The van der Waals surface area contributed by atoms with Gasteiger partial charge in [-0.15, -0.1) is 0 Å². The Morgan fingerprint density at radius 1 is 1.38 bits per heavy atom. The number of rotatable bonds is 6. The predicted octanol–water partition coefficient (Wildman–Crippen LogP) is 1.85. The van der Waals surface area contributed by atoms with Gasteiger partial charge in [0.25, 0.3) is 0 Å². The second-order valence-electron chi connectivity index (χ2n) is 5.07. The van der Waals surface area contributed by atoms with E-state index in [0.717, 1.165) is 12.6 Å². The van der Waals surface area contributed by atoms with Gasteiger partial charge in [0.05, 0.1) is 0 Å². The first-order valence-electron chi connectivity index (χ1n) is 5.53. The van der Waals surface area contributed by atoms with Crippen LogP contribution in [0, 0.1) is 5.41 Å². The molecule has 0 heterocycles. The van der Waals surface area contributed by atoms with E-state index in [1.54, 1.807) is 0 Å². The molecule has 1 aliphatic rings. The van der Waals surface area contributed by atoms with Gasteiger partial charge in [-0.1, -0.05) is 20.8 Å². The second kappa shape index (κ2) is 4.43. The Bertz CT molecular complexity index is 150. The third-order valence-corrected chi connectivity index (χ3v) is 2.76. The molecule has 0 aromatic rings. The summed E-state index contributed by atoms with van der Waals surface area (Å²) < 4.78 is 0. The van der Waals surface area contributed by atoms with Crippen molar-refractivity contribution >= 4 is 0 Å². The molecule has 1 fully saturated rings. The van der Waals surface area contributed by atoms with Gasteiger partial charge in [-0.3, -0.25) is 4.90 Å². The Morgan fingerprint density at radius 2 is 2.00 bits per heavy atom. The third-order valence-electron chi connectivity index (χ3n) is 2.76. The van der Waals surface area contributed by atoms with Crippen LogP contribution in [0.1, 0.15) is 40.0 Å². The van der Waals surface area contributed by atoms with Crippen LogP contribution in [0.5, 0.6) is 0 Å². The van der Waals surface area contributed by atoms with Crippen molar-refractivity contribution in [3.8, 4) is 0 Å². The first kappa shape index (κ1) is 11.0. The van der Waals surface area contributed by atoms with Crippen LogP contribution in [0.3, 0.4) is 0 Å². The Labute approximate surface area is 82.5 Å². The van der Waals surface area contributed by atoms with Crippen LogP contribution in [0.2, 0.25) is 0 Å². The van der Waals surface area contributed by atoms with Crippen molar-refractivity contribution in [3.63, 3.8) is 0 Å². The molecular formula is C11H24N2. The molecule has 0 radical (unpaired) electrons. The zero-order valence-corrected chi connectivity index (χ0v) is 9.34. The average molecular weight is 184 g/mol. The highest BCUT2D eigenvalue weighted by Gasteiger charge is 2.31. The van der Waals surface area contributed by atoms with Crippen molar-refractivity contribution in [2.45, 2.75) is 46.1 Å². The van der Waals surface area contributed by atoms with Crippen LogP contribution in [-0.2, 0) is 0 Å². The largest absolute Gasteiger partial charge is 0.330 e. The van der Waals surface area contributed by atoms with E-state index in [4.69, 9.17) is 5.73 Å². The maximum Gasteiger partial charge on any atom is 0.00966 e. The van der Waals surface area contributed by atoms with Gasteiger partial charge in [-0.05, 0) is 37.8 Å². The minimum absolute atomic E-state index is 0.289. The highest BCUT2D eigenvalue weighted by Crippen LogP contribution is 2.29. The first-order valence-corrected chi connectivity index (χ1v) is 5.53. The fourth-order valence-corrected chi connectivity index (χ4v) is 1.73. The van der Waals surface area contributed by atoms with Gasteiger partial charge >= 0.3 is 0 Å². The number of nitrogens with two attached hydrogens (primary N) is 1. The quantitative estimate of drug-likeness (QED) is 0.682. The lowest BCUT2D eigenvalue weighted by Gasteiger charge is -2.31. The van der Waals surface area contributed by atoms with Crippen molar-refractivity contribution in [1.29, 1.82) is 0 Å². The standard InChI is InChI=1S/C11H24N2/c1-4-7-13(10-5-6-10)9-11(2,3)8-12/h10H,4-9,12H2,1-3H3. The molecule has 78 valence electrons. The summed E-state index contributed by atoms with van der Waals surface area (Å²) in [5.74, 6) is 0. The lowest BCUT2D eigenvalue weighted by Crippen LogP contribution is -2.40. The highest BCUT2D eigenvalue weighted by molar-refractivity contribution is 4.87. The summed E-state index contributed by atoms with van der Waals surface area (Å²) in [6.45, 7) is 9.98. The van der Waals surface area contributed by atoms with E-state index < -0.39 is 0 Å². The molecule has 0 spiro atoms. The molecule has 0 bridgehead atoms. The smallest absolute Gasteiger partial charge is 0.00966 e. The molecule has 13 heavy (non-hydrogen) atoms. The second-order valence-corrected chi connectivity index (χ2v) is 5.07. The van der Waals surface area contributed by atoms with Crippen molar-refractivity contribution in [3.05, 3.63) is 0 Å². The zero-order chi connectivity index (χ0) is 9.90. The SMILES string of the molecule is CCCN(CC(C)(C)CN)C1CC1. The molecule has 0 aromatic heterocycles. The summed E-state index contributed by atoms with van der Waals surface area (Å²) in [5, 5.41) is 0. The highest BCUT2D eigenvalue weighted by atomic mass is 15.2. The average Bonchev–Trinajstić information content (AvgIpc) is 2.86. The van der Waals surface area contributed by atoms with Crippen molar-refractivity contribution in [1.82, 2.24) is 4.90 Å². The molecule has 0 unspecified atom stereocenters. The zero-order valence-electron chi connectivity index (χ0n) is 9.34. The molecule has 1 saturated carbocycles. The predicted molar refractivity (Wildman–Crippen MR) is 57.7 cm³/mol. The van der Waals surface area contributed by atoms with E-state index in [1.807, 2.05) is 0 Å². The normalized spacial score (nSPS) is 18.2. The molecule has 0 saturated heterocycles. The Balaban J connectivity index is 2.36. The molecule has 1 aliphatic carbocycles. The number of hydrogen-bond donors (Lipinski definition) is 1. The van der Waals surface area contributed by atoms with E-state index in [1.165, 1.54) is 32.4 Å². The van der Waals surface area contributed by atoms with E-state index in [-0.39, 0.29) is 5.41 Å². The van der Waals surface area contributed by atoms with Gasteiger partial charge in [-0.2, -0.15) is 0 Å². The number of nitrogens with zero attached hydrogens (tertiary/aromatic N) is 1. The Kier molecular flexibility index (Phi) is 3.74. The van der Waals surface area contributed by atoms with E-state index in [2.05, 4.69) is 25.7 Å². The lowest BCUT2D eigenvalue weighted by atomic mass is 9.93. The molecule has 2 heteroatoms. The minimum Gasteiger partial charge on any atom is -0.330 e. The fraction of sp³-hybridized carbons (Fsp3) is 1.00. The summed E-state index contributed by atoms with van der Waals surface area (Å²) in [6.07, 6.45) is 4.07. The summed E-state index contributed by atoms with van der Waals surface area (Å²) in [7, 11) is 0. The van der Waals surface area contributed by atoms with Crippen molar-refractivity contribution in [2.24, 2.45) is 11.1 Å². The van der Waals surface area contributed by atoms with Crippen LogP contribution >= 0.6 is 0 Å². The molecule has 0 amide bonds. The maximum absolute atomic E-state index is 5.74. The summed E-state index contributed by atoms with van der Waals surface area (Å²) in [4.78, 5) is 2.62. The fourth-order valence-electron chi connectivity index (χ4n) is 1.73. The first-order chi connectivity index (χ1) is 6.09. The molecule has 2 N–H and O–H groups in total. The van der Waals surface area contributed by atoms with Crippen LogP contribution in [0.25, 0.3) is 0 Å². The van der Waals surface area contributed by atoms with Gasteiger partial charge in [0.2, 0.25) is 0 Å². The summed E-state index contributed by atoms with van der Waals surface area (Å²) in [6, 6.07) is 0.880. The van der Waals surface area contributed by atoms with Crippen LogP contribution in [-0.4, -0.2) is 30.6 Å². The molecular weight excluding hydrogens is 160 g/mol. The van der Waals surface area contributed by atoms with Crippen LogP contribution < -0.4 is 5.73 Å². The van der Waals surface area contributed by atoms with Gasteiger partial charge in [0, 0.05) is 12.6 Å². The Morgan fingerprint density at radius 3 is 2.38 bits per heavy atom. The van der Waals surface area contributed by atoms with Gasteiger partial charge in [0.1, 0.15) is 0 Å².